The monoisotopic (exact) mass is 106 g/mol. The smallest absolute Gasteiger partial charge is 0.129 e. The summed E-state index contributed by atoms with van der Waals surface area (Å²) in [6.07, 6.45) is -5.11. The van der Waals surface area contributed by atoms with Gasteiger partial charge >= 0.3 is 0 Å². The minimum Gasteiger partial charge on any atom is -0.396 e. The van der Waals surface area contributed by atoms with Gasteiger partial charge in [-0.15, -0.1) is 0 Å². The molecule has 0 aromatic carbocycles. The average molecular weight is 106 g/mol. The first kappa shape index (κ1) is 2.27. The average Bonchev–Trinajstić information content (AvgIpc) is 1.87. The van der Waals surface area contributed by atoms with Crippen molar-refractivity contribution in [2.45, 2.75) is 19.7 Å². The Kier molecular flexibility index (Phi) is 1.23. The van der Waals surface area contributed by atoms with Crippen LogP contribution in [0.2, 0.25) is 0 Å². The molecule has 0 aromatic heterocycles. The van der Waals surface area contributed by atoms with Gasteiger partial charge in [0.05, 0.1) is 0 Å². The molecule has 0 saturated heterocycles. The molecule has 0 aromatic rings. The molecule has 0 amide bonds. The summed E-state index contributed by atoms with van der Waals surface area (Å²) in [6, 6.07) is 0. The minimum absolute atomic E-state index is 0.920. The molecule has 0 spiro atoms. The van der Waals surface area contributed by atoms with Gasteiger partial charge in [0.2, 0.25) is 0 Å². The number of ketones is 1. The van der Waals surface area contributed by atoms with Crippen LogP contribution < -0.4 is 0 Å². The van der Waals surface area contributed by atoms with Crippen LogP contribution in [-0.4, -0.2) is 17.5 Å². The fourth-order valence-electron chi connectivity index (χ4n) is 0.164. The Morgan fingerprint density at radius 3 is 2.71 bits per heavy atom. The second-order valence-corrected chi connectivity index (χ2v) is 1.02. The van der Waals surface area contributed by atoms with E-state index in [4.69, 9.17) is 10.6 Å². The van der Waals surface area contributed by atoms with E-state index in [2.05, 4.69) is 0 Å². The first-order chi connectivity index (χ1) is 4.75. The van der Waals surface area contributed by atoms with Crippen LogP contribution in [0.3, 0.4) is 0 Å². The Balaban J connectivity index is 4.67. The quantitative estimate of drug-likeness (QED) is 0.563. The normalized spacial score (nSPS) is 21.4. The maximum atomic E-state index is 10.5. The van der Waals surface area contributed by atoms with E-state index in [-0.39, 0.29) is 0 Å². The summed E-state index contributed by atoms with van der Waals surface area (Å²) in [5, 5.41) is 8.41. The number of aliphatic hydroxyl groups is 1. The molecule has 0 radical (unpaired) electrons. The van der Waals surface area contributed by atoms with Crippen LogP contribution in [-0.2, 0) is 4.79 Å². The third-order valence-corrected chi connectivity index (χ3v) is 0.343. The van der Waals surface area contributed by atoms with E-state index in [1.54, 1.807) is 0 Å². The van der Waals surface area contributed by atoms with Crippen molar-refractivity contribution < 1.29 is 15.4 Å². The lowest BCUT2D eigenvalue weighted by molar-refractivity contribution is -0.117. The van der Waals surface area contributed by atoms with Gasteiger partial charge in [0.15, 0.2) is 0 Å². The summed E-state index contributed by atoms with van der Waals surface area (Å²) < 4.78 is 27.8. The van der Waals surface area contributed by atoms with Crippen LogP contribution in [0.4, 0.5) is 0 Å². The predicted octanol–water partition coefficient (Wildman–Crippen LogP) is 0.348. The number of Topliss-reactive ketones (excluding diaryl/α,β-unsaturated/α-hetero) is 1. The van der Waals surface area contributed by atoms with Crippen LogP contribution in [0.5, 0.6) is 0 Å². The number of carbonyl (C=O) groups is 1. The van der Waals surface area contributed by atoms with Crippen LogP contribution in [0.1, 0.15) is 25.2 Å². The summed E-state index contributed by atoms with van der Waals surface area (Å²) in [4.78, 5) is 10.5. The van der Waals surface area contributed by atoms with Crippen molar-refractivity contribution in [3.63, 3.8) is 0 Å². The van der Waals surface area contributed by atoms with Crippen molar-refractivity contribution in [1.82, 2.24) is 0 Å². The highest BCUT2D eigenvalue weighted by molar-refractivity contribution is 5.75. The molecule has 2 heteroatoms. The van der Waals surface area contributed by atoms with Crippen molar-refractivity contribution in [2.75, 3.05) is 6.61 Å². The van der Waals surface area contributed by atoms with Crippen molar-refractivity contribution in [1.29, 1.82) is 0 Å². The van der Waals surface area contributed by atoms with E-state index in [0.29, 0.717) is 0 Å². The van der Waals surface area contributed by atoms with Gasteiger partial charge in [-0.2, -0.15) is 0 Å². The Hall–Kier alpha value is -0.370. The molecule has 0 aliphatic heterocycles. The Bertz CT molecular complexity index is 166. The molecule has 2 nitrogen and oxygen atoms in total. The highest BCUT2D eigenvalue weighted by atomic mass is 16.3. The van der Waals surface area contributed by atoms with Gasteiger partial charge in [-0.1, -0.05) is 0 Å². The van der Waals surface area contributed by atoms with Crippen LogP contribution in [0.15, 0.2) is 0 Å². The molecule has 0 rings (SSSR count). The zero-order valence-electron chi connectivity index (χ0n) is 8.06. The molecular weight excluding hydrogens is 92.1 g/mol. The summed E-state index contributed by atoms with van der Waals surface area (Å²) >= 11 is 0. The molecule has 0 fully saturated rings. The Morgan fingerprint density at radius 1 is 2.00 bits per heavy atom. The number of rotatable bonds is 3. The standard InChI is InChI=1S/C5H10O2/c1-5(7)3-2-4-6/h6H,2-4H2,1H3/i2D2,3D2. The SMILES string of the molecule is [2H]C([2H])(CO)C([2H])([2H])C(C)=O. The van der Waals surface area contributed by atoms with Crippen LogP contribution >= 0.6 is 0 Å². The predicted molar refractivity (Wildman–Crippen MR) is 27.0 cm³/mol. The highest BCUT2D eigenvalue weighted by Gasteiger charge is 1.88. The fourth-order valence-corrected chi connectivity index (χ4v) is 0.164. The van der Waals surface area contributed by atoms with E-state index in [1.807, 2.05) is 0 Å². The first-order valence-corrected chi connectivity index (χ1v) is 1.87. The zero-order chi connectivity index (χ0) is 9.28. The van der Waals surface area contributed by atoms with Gasteiger partial charge in [-0.3, -0.25) is 0 Å². The Morgan fingerprint density at radius 2 is 2.57 bits per heavy atom. The summed E-state index contributed by atoms with van der Waals surface area (Å²) in [6.45, 7) is -0.0485. The molecule has 42 valence electrons. The highest BCUT2D eigenvalue weighted by Crippen LogP contribution is 1.85. The minimum atomic E-state index is -2.61. The fraction of sp³-hybridized carbons (Fsp3) is 0.800. The van der Waals surface area contributed by atoms with Gasteiger partial charge in [-0.25, -0.2) is 0 Å². The third kappa shape index (κ3) is 5.63. The van der Waals surface area contributed by atoms with Gasteiger partial charge in [0.25, 0.3) is 0 Å². The second-order valence-electron chi connectivity index (χ2n) is 1.02. The van der Waals surface area contributed by atoms with E-state index < -0.39 is 25.1 Å². The molecular formula is C5H10O2. The molecule has 0 unspecified atom stereocenters. The number of hydrogen-bond donors (Lipinski definition) is 1. The van der Waals surface area contributed by atoms with Gasteiger partial charge < -0.3 is 9.90 Å². The number of aliphatic hydroxyl groups excluding tert-OH is 1. The Labute approximate surface area is 48.8 Å². The van der Waals surface area contributed by atoms with Crippen LogP contribution in [0.25, 0.3) is 0 Å². The second kappa shape index (κ2) is 3.81. The summed E-state index contributed by atoms with van der Waals surface area (Å²) in [7, 11) is 0. The molecule has 0 bridgehead atoms. The van der Waals surface area contributed by atoms with Crippen LogP contribution in [0, 0.1) is 0 Å². The van der Waals surface area contributed by atoms with Gasteiger partial charge in [0.1, 0.15) is 5.78 Å². The lowest BCUT2D eigenvalue weighted by Crippen LogP contribution is -1.91. The lowest BCUT2D eigenvalue weighted by atomic mass is 10.2. The molecule has 7 heavy (non-hydrogen) atoms. The van der Waals surface area contributed by atoms with E-state index >= 15 is 0 Å². The van der Waals surface area contributed by atoms with Crippen molar-refractivity contribution in [3.8, 4) is 0 Å². The topological polar surface area (TPSA) is 37.3 Å². The molecule has 0 atom stereocenters. The molecule has 0 heterocycles. The molecule has 1 N–H and O–H groups in total. The van der Waals surface area contributed by atoms with E-state index in [9.17, 15) is 4.79 Å². The van der Waals surface area contributed by atoms with E-state index in [0.717, 1.165) is 6.92 Å². The first-order valence-electron chi connectivity index (χ1n) is 3.87. The van der Waals surface area contributed by atoms with Crippen molar-refractivity contribution in [2.24, 2.45) is 0 Å². The third-order valence-electron chi connectivity index (χ3n) is 0.343. The van der Waals surface area contributed by atoms with Crippen molar-refractivity contribution in [3.05, 3.63) is 0 Å². The molecule has 0 aliphatic rings. The van der Waals surface area contributed by atoms with Crippen molar-refractivity contribution >= 4 is 5.78 Å². The van der Waals surface area contributed by atoms with E-state index in [1.165, 1.54) is 0 Å². The van der Waals surface area contributed by atoms with Gasteiger partial charge in [0, 0.05) is 18.5 Å². The summed E-state index contributed by atoms with van der Waals surface area (Å²) in [5.74, 6) is -0.920. The zero-order valence-corrected chi connectivity index (χ0v) is 4.06. The summed E-state index contributed by atoms with van der Waals surface area (Å²) in [5.41, 5.74) is 0. The van der Waals surface area contributed by atoms with Gasteiger partial charge in [-0.05, 0) is 13.3 Å². The largest absolute Gasteiger partial charge is 0.396 e. The maximum Gasteiger partial charge on any atom is 0.129 e. The maximum absolute atomic E-state index is 10.5. The molecule has 0 saturated carbocycles. The lowest BCUT2D eigenvalue weighted by Gasteiger charge is -1.86. The number of carbonyl (C=O) groups excluding carboxylic acids is 1. The number of hydrogen-bond acceptors (Lipinski definition) is 2. The molecule has 0 aliphatic carbocycles.